The van der Waals surface area contributed by atoms with E-state index in [1.54, 1.807) is 6.92 Å². The maximum atomic E-state index is 12.3. The van der Waals surface area contributed by atoms with Crippen LogP contribution >= 0.6 is 23.9 Å². The fourth-order valence-electron chi connectivity index (χ4n) is 2.38. The van der Waals surface area contributed by atoms with E-state index in [4.69, 9.17) is 12.2 Å². The van der Waals surface area contributed by atoms with Gasteiger partial charge in [-0.2, -0.15) is 8.75 Å². The lowest BCUT2D eigenvalue weighted by Gasteiger charge is -2.12. The summed E-state index contributed by atoms with van der Waals surface area (Å²) in [5.41, 5.74) is 3.46. The second kappa shape index (κ2) is 7.10. The maximum Gasteiger partial charge on any atom is 0.273 e. The number of aryl methyl sites for hydroxylation is 2. The zero-order valence-electron chi connectivity index (χ0n) is 13.8. The van der Waals surface area contributed by atoms with Gasteiger partial charge < -0.3 is 5.32 Å². The molecular weight excluding hydrogens is 374 g/mol. The quantitative estimate of drug-likeness (QED) is 0.403. The molecule has 132 valence electrons. The third-order valence-electron chi connectivity index (χ3n) is 3.77. The highest BCUT2D eigenvalue weighted by Crippen LogP contribution is 2.25. The summed E-state index contributed by atoms with van der Waals surface area (Å²) in [5.74, 6) is -0.535. The molecule has 0 aliphatic rings. The number of hydrogen-bond acceptors (Lipinski definition) is 7. The molecule has 2 aromatic carbocycles. The van der Waals surface area contributed by atoms with Gasteiger partial charge in [-0.25, -0.2) is 0 Å². The van der Waals surface area contributed by atoms with Crippen LogP contribution in [0.25, 0.3) is 11.0 Å². The Hall–Kier alpha value is -2.98. The van der Waals surface area contributed by atoms with Gasteiger partial charge in [-0.15, -0.1) is 0 Å². The van der Waals surface area contributed by atoms with Gasteiger partial charge in [0.2, 0.25) is 0 Å². The largest absolute Gasteiger partial charge is 0.330 e. The van der Waals surface area contributed by atoms with E-state index in [0.717, 1.165) is 22.8 Å². The van der Waals surface area contributed by atoms with Gasteiger partial charge in [-0.1, -0.05) is 12.1 Å². The number of carbonyl (C=O) groups excluding carboxylic acids is 1. The van der Waals surface area contributed by atoms with Gasteiger partial charge in [0.15, 0.2) is 5.11 Å². The zero-order chi connectivity index (χ0) is 18.8. The van der Waals surface area contributed by atoms with Crippen molar-refractivity contribution in [3.8, 4) is 0 Å². The van der Waals surface area contributed by atoms with Crippen LogP contribution in [0.2, 0.25) is 0 Å². The molecule has 1 amide bonds. The minimum absolute atomic E-state index is 0.0711. The van der Waals surface area contributed by atoms with Gasteiger partial charge in [-0.3, -0.25) is 20.2 Å². The minimum atomic E-state index is -0.535. The number of benzene rings is 2. The number of carbonyl (C=O) groups is 1. The standard InChI is InChI=1S/C16H13N5O3S2/c1-8-3-5-10(7-12(8)21(23)24)15(22)18-16(25)17-13-9(2)4-6-11-14(13)20-26-19-11/h3-7H,1-2H3,(H2,17,18,22,25). The molecule has 0 saturated heterocycles. The van der Waals surface area contributed by atoms with Crippen molar-refractivity contribution in [2.45, 2.75) is 13.8 Å². The number of amides is 1. The highest BCUT2D eigenvalue weighted by atomic mass is 32.1. The molecule has 0 aliphatic heterocycles. The van der Waals surface area contributed by atoms with Gasteiger partial charge >= 0.3 is 0 Å². The molecule has 10 heteroatoms. The summed E-state index contributed by atoms with van der Waals surface area (Å²) in [7, 11) is 0. The first-order valence-corrected chi connectivity index (χ1v) is 8.60. The molecular formula is C16H13N5O3S2. The van der Waals surface area contributed by atoms with Crippen LogP contribution in [0.4, 0.5) is 11.4 Å². The number of nitro benzene ring substituents is 1. The highest BCUT2D eigenvalue weighted by Gasteiger charge is 2.17. The van der Waals surface area contributed by atoms with Crippen LogP contribution in [0.5, 0.6) is 0 Å². The fraction of sp³-hybridized carbons (Fsp3) is 0.125. The van der Waals surface area contributed by atoms with Crippen molar-refractivity contribution in [3.05, 3.63) is 57.1 Å². The molecule has 0 atom stereocenters. The maximum absolute atomic E-state index is 12.3. The predicted molar refractivity (Wildman–Crippen MR) is 104 cm³/mol. The molecule has 0 radical (unpaired) electrons. The summed E-state index contributed by atoms with van der Waals surface area (Å²) in [6.07, 6.45) is 0. The lowest BCUT2D eigenvalue weighted by atomic mass is 10.1. The van der Waals surface area contributed by atoms with Crippen molar-refractivity contribution in [2.24, 2.45) is 0 Å². The van der Waals surface area contributed by atoms with Crippen LogP contribution in [0, 0.1) is 24.0 Å². The van der Waals surface area contributed by atoms with Crippen molar-refractivity contribution in [3.63, 3.8) is 0 Å². The van der Waals surface area contributed by atoms with E-state index in [1.165, 1.54) is 18.2 Å². The topological polar surface area (TPSA) is 110 Å². The Bertz CT molecular complexity index is 1050. The molecule has 3 aromatic rings. The number of nitrogens with one attached hydrogen (secondary N) is 2. The van der Waals surface area contributed by atoms with Crippen LogP contribution in [0.15, 0.2) is 30.3 Å². The summed E-state index contributed by atoms with van der Waals surface area (Å²) in [5, 5.41) is 16.6. The van der Waals surface area contributed by atoms with Crippen molar-refractivity contribution in [1.82, 2.24) is 14.1 Å². The molecule has 0 spiro atoms. The molecule has 26 heavy (non-hydrogen) atoms. The molecule has 0 saturated carbocycles. The number of aromatic nitrogens is 2. The zero-order valence-corrected chi connectivity index (χ0v) is 15.4. The summed E-state index contributed by atoms with van der Waals surface area (Å²) in [4.78, 5) is 22.8. The van der Waals surface area contributed by atoms with Crippen molar-refractivity contribution in [1.29, 1.82) is 0 Å². The van der Waals surface area contributed by atoms with E-state index in [2.05, 4.69) is 19.4 Å². The molecule has 1 aromatic heterocycles. The fourth-order valence-corrected chi connectivity index (χ4v) is 3.11. The number of anilines is 1. The van der Waals surface area contributed by atoms with E-state index in [-0.39, 0.29) is 16.4 Å². The van der Waals surface area contributed by atoms with Gasteiger partial charge in [0.1, 0.15) is 11.0 Å². The Labute approximate surface area is 157 Å². The number of rotatable bonds is 3. The Morgan fingerprint density at radius 3 is 2.65 bits per heavy atom. The van der Waals surface area contributed by atoms with Crippen molar-refractivity contribution in [2.75, 3.05) is 5.32 Å². The van der Waals surface area contributed by atoms with Crippen LogP contribution in [0.1, 0.15) is 21.5 Å². The summed E-state index contributed by atoms with van der Waals surface area (Å²) in [6.45, 7) is 3.49. The number of thiocarbonyl (C=S) groups is 1. The lowest BCUT2D eigenvalue weighted by Crippen LogP contribution is -2.34. The third-order valence-corrected chi connectivity index (χ3v) is 4.52. The lowest BCUT2D eigenvalue weighted by molar-refractivity contribution is -0.385. The summed E-state index contributed by atoms with van der Waals surface area (Å²) in [6, 6.07) is 7.99. The first-order valence-electron chi connectivity index (χ1n) is 7.46. The van der Waals surface area contributed by atoms with Gasteiger partial charge in [0.25, 0.3) is 11.6 Å². The Morgan fingerprint density at radius 1 is 1.19 bits per heavy atom. The van der Waals surface area contributed by atoms with E-state index in [0.29, 0.717) is 16.8 Å². The van der Waals surface area contributed by atoms with E-state index >= 15 is 0 Å². The minimum Gasteiger partial charge on any atom is -0.330 e. The van der Waals surface area contributed by atoms with Gasteiger partial charge in [0, 0.05) is 17.2 Å². The normalized spacial score (nSPS) is 10.5. The second-order valence-corrected chi connectivity index (χ2v) is 6.49. The summed E-state index contributed by atoms with van der Waals surface area (Å²) >= 11 is 6.28. The highest BCUT2D eigenvalue weighted by molar-refractivity contribution is 7.80. The van der Waals surface area contributed by atoms with Crippen LogP contribution in [-0.4, -0.2) is 24.7 Å². The molecule has 0 aliphatic carbocycles. The molecule has 0 bridgehead atoms. The molecule has 2 N–H and O–H groups in total. The van der Waals surface area contributed by atoms with E-state index in [9.17, 15) is 14.9 Å². The number of hydrogen-bond donors (Lipinski definition) is 2. The molecule has 3 rings (SSSR count). The van der Waals surface area contributed by atoms with Crippen molar-refractivity contribution < 1.29 is 9.72 Å². The number of nitrogens with zero attached hydrogens (tertiary/aromatic N) is 3. The van der Waals surface area contributed by atoms with Crippen LogP contribution < -0.4 is 10.6 Å². The molecule has 8 nitrogen and oxygen atoms in total. The SMILES string of the molecule is Cc1ccc(C(=O)NC(=S)Nc2c(C)ccc3nsnc23)cc1[N+](=O)[O-]. The smallest absolute Gasteiger partial charge is 0.273 e. The third kappa shape index (κ3) is 3.51. The average molecular weight is 387 g/mol. The van der Waals surface area contributed by atoms with E-state index < -0.39 is 10.8 Å². The van der Waals surface area contributed by atoms with Crippen LogP contribution in [-0.2, 0) is 0 Å². The van der Waals surface area contributed by atoms with Gasteiger partial charge in [0.05, 0.1) is 22.3 Å². The Balaban J connectivity index is 1.79. The molecule has 1 heterocycles. The van der Waals surface area contributed by atoms with Crippen LogP contribution in [0.3, 0.4) is 0 Å². The Kier molecular flexibility index (Phi) is 4.87. The number of nitro groups is 1. The van der Waals surface area contributed by atoms with Gasteiger partial charge in [-0.05, 0) is 43.8 Å². The number of fused-ring (bicyclic) bond motifs is 1. The predicted octanol–water partition coefficient (Wildman–Crippen LogP) is 3.34. The molecule has 0 unspecified atom stereocenters. The molecule has 0 fully saturated rings. The first kappa shape index (κ1) is 17.8. The van der Waals surface area contributed by atoms with Crippen molar-refractivity contribution >= 4 is 57.4 Å². The first-order chi connectivity index (χ1) is 12.4. The average Bonchev–Trinajstić information content (AvgIpc) is 3.06. The Morgan fingerprint density at radius 2 is 1.92 bits per heavy atom. The summed E-state index contributed by atoms with van der Waals surface area (Å²) < 4.78 is 8.40. The monoisotopic (exact) mass is 387 g/mol. The second-order valence-electron chi connectivity index (χ2n) is 5.56. The van der Waals surface area contributed by atoms with E-state index in [1.807, 2.05) is 19.1 Å².